The lowest BCUT2D eigenvalue weighted by Gasteiger charge is -2.39. The molecular formula is C20H29N5O2. The van der Waals surface area contributed by atoms with Gasteiger partial charge in [0.2, 0.25) is 0 Å². The Morgan fingerprint density at radius 3 is 2.59 bits per heavy atom. The van der Waals surface area contributed by atoms with Gasteiger partial charge >= 0.3 is 6.09 Å². The Morgan fingerprint density at radius 2 is 1.89 bits per heavy atom. The molecule has 0 unspecified atom stereocenters. The number of aryl methyl sites for hydroxylation is 1. The number of aromatic nitrogens is 3. The number of ether oxygens (including phenoxy) is 1. The number of hydrogen-bond donors (Lipinski definition) is 0. The van der Waals surface area contributed by atoms with E-state index in [2.05, 4.69) is 21.0 Å². The second-order valence-electron chi connectivity index (χ2n) is 9.00. The van der Waals surface area contributed by atoms with Gasteiger partial charge in [0.15, 0.2) is 5.65 Å². The first-order valence-electron chi connectivity index (χ1n) is 9.79. The number of carbonyl (C=O) groups excluding carboxylic acids is 1. The third-order valence-electron chi connectivity index (χ3n) is 5.71. The van der Waals surface area contributed by atoms with E-state index in [4.69, 9.17) is 4.74 Å². The van der Waals surface area contributed by atoms with Crippen molar-refractivity contribution in [3.05, 3.63) is 24.0 Å². The van der Waals surface area contributed by atoms with E-state index in [1.54, 1.807) is 6.20 Å². The van der Waals surface area contributed by atoms with Crippen molar-refractivity contribution in [3.63, 3.8) is 0 Å². The number of amides is 1. The molecule has 27 heavy (non-hydrogen) atoms. The molecule has 2 aromatic heterocycles. The molecule has 2 aliphatic rings. The molecular weight excluding hydrogens is 342 g/mol. The van der Waals surface area contributed by atoms with Crippen molar-refractivity contribution in [2.45, 2.75) is 52.6 Å². The number of fused-ring (bicyclic) bond motifs is 1. The maximum Gasteiger partial charge on any atom is 0.410 e. The van der Waals surface area contributed by atoms with Gasteiger partial charge in [0.1, 0.15) is 11.4 Å². The summed E-state index contributed by atoms with van der Waals surface area (Å²) in [4.78, 5) is 21.2. The van der Waals surface area contributed by atoms with Gasteiger partial charge in [0.25, 0.3) is 0 Å². The van der Waals surface area contributed by atoms with Crippen molar-refractivity contribution in [2.75, 3.05) is 31.1 Å². The van der Waals surface area contributed by atoms with E-state index in [9.17, 15) is 4.79 Å². The molecule has 0 bridgehead atoms. The summed E-state index contributed by atoms with van der Waals surface area (Å²) in [5.41, 5.74) is 1.74. The zero-order valence-corrected chi connectivity index (χ0v) is 16.7. The molecule has 4 heterocycles. The van der Waals surface area contributed by atoms with Crippen LogP contribution in [-0.2, 0) is 4.74 Å². The van der Waals surface area contributed by atoms with Crippen molar-refractivity contribution in [1.82, 2.24) is 19.5 Å². The molecule has 1 spiro atoms. The Hall–Kier alpha value is -2.31. The lowest BCUT2D eigenvalue weighted by Crippen LogP contribution is -2.46. The van der Waals surface area contributed by atoms with Gasteiger partial charge in [-0.05, 0) is 52.4 Å². The van der Waals surface area contributed by atoms with Crippen LogP contribution in [0.2, 0.25) is 0 Å². The predicted molar refractivity (Wildman–Crippen MR) is 104 cm³/mol. The summed E-state index contributed by atoms with van der Waals surface area (Å²) in [6.07, 6.45) is 4.81. The minimum Gasteiger partial charge on any atom is -0.444 e. The monoisotopic (exact) mass is 371 g/mol. The molecule has 2 aliphatic heterocycles. The number of rotatable bonds is 1. The molecule has 0 saturated carbocycles. The first kappa shape index (κ1) is 18.1. The quantitative estimate of drug-likeness (QED) is 0.770. The van der Waals surface area contributed by atoms with Gasteiger partial charge in [-0.3, -0.25) is 0 Å². The summed E-state index contributed by atoms with van der Waals surface area (Å²) in [5, 5.41) is 4.45. The van der Waals surface area contributed by atoms with Crippen molar-refractivity contribution in [1.29, 1.82) is 0 Å². The number of carbonyl (C=O) groups is 1. The lowest BCUT2D eigenvalue weighted by atomic mass is 9.78. The molecule has 7 nitrogen and oxygen atoms in total. The summed E-state index contributed by atoms with van der Waals surface area (Å²) in [7, 11) is 0. The van der Waals surface area contributed by atoms with E-state index in [1.165, 1.54) is 0 Å². The van der Waals surface area contributed by atoms with Crippen molar-refractivity contribution < 1.29 is 9.53 Å². The van der Waals surface area contributed by atoms with Gasteiger partial charge in [-0.25, -0.2) is 9.78 Å². The highest BCUT2D eigenvalue weighted by Gasteiger charge is 2.42. The van der Waals surface area contributed by atoms with Gasteiger partial charge in [-0.1, -0.05) is 0 Å². The molecule has 0 atom stereocenters. The Bertz CT molecular complexity index is 846. The van der Waals surface area contributed by atoms with Crippen LogP contribution in [0.25, 0.3) is 5.65 Å². The van der Waals surface area contributed by atoms with Gasteiger partial charge in [0, 0.05) is 44.0 Å². The third kappa shape index (κ3) is 3.59. The second kappa shape index (κ2) is 6.39. The van der Waals surface area contributed by atoms with Crippen LogP contribution in [0.15, 0.2) is 18.3 Å². The van der Waals surface area contributed by atoms with E-state index < -0.39 is 5.60 Å². The Balaban J connectivity index is 1.44. The van der Waals surface area contributed by atoms with Crippen LogP contribution in [0.3, 0.4) is 0 Å². The molecule has 0 aliphatic carbocycles. The summed E-state index contributed by atoms with van der Waals surface area (Å²) < 4.78 is 7.46. The highest BCUT2D eigenvalue weighted by molar-refractivity contribution is 5.68. The van der Waals surface area contributed by atoms with Crippen LogP contribution in [-0.4, -0.2) is 57.4 Å². The average Bonchev–Trinajstić information content (AvgIpc) is 3.20. The van der Waals surface area contributed by atoms with Crippen LogP contribution in [0.1, 0.15) is 45.7 Å². The molecule has 2 aromatic rings. The van der Waals surface area contributed by atoms with Gasteiger partial charge in [-0.15, -0.1) is 0 Å². The summed E-state index contributed by atoms with van der Waals surface area (Å²) in [6.45, 7) is 11.3. The van der Waals surface area contributed by atoms with Crippen LogP contribution < -0.4 is 4.90 Å². The van der Waals surface area contributed by atoms with E-state index in [-0.39, 0.29) is 11.5 Å². The van der Waals surface area contributed by atoms with Crippen LogP contribution in [0.5, 0.6) is 0 Å². The molecule has 2 fully saturated rings. The molecule has 1 amide bonds. The maximum absolute atomic E-state index is 12.3. The average molecular weight is 371 g/mol. The standard InChI is InChI=1S/C20H29N5O2/c1-15-13-17(25-16(22-15)5-9-21-25)24-12-8-20(14-24)6-10-23(11-7-20)18(26)27-19(2,3)4/h5,9,13H,6-8,10-12,14H2,1-4H3. The van der Waals surface area contributed by atoms with Crippen LogP contribution in [0, 0.1) is 12.3 Å². The maximum atomic E-state index is 12.3. The van der Waals surface area contributed by atoms with Crippen LogP contribution in [0.4, 0.5) is 10.6 Å². The molecule has 2 saturated heterocycles. The number of likely N-dealkylation sites (tertiary alicyclic amines) is 1. The normalized spacial score (nSPS) is 19.9. The van der Waals surface area contributed by atoms with Gasteiger partial charge in [0.05, 0.1) is 6.20 Å². The first-order valence-corrected chi connectivity index (χ1v) is 9.79. The zero-order valence-electron chi connectivity index (χ0n) is 16.7. The van der Waals surface area contributed by atoms with Crippen LogP contribution >= 0.6 is 0 Å². The van der Waals surface area contributed by atoms with Gasteiger partial charge in [-0.2, -0.15) is 9.61 Å². The number of piperidine rings is 1. The Morgan fingerprint density at radius 1 is 1.19 bits per heavy atom. The first-order chi connectivity index (χ1) is 12.7. The molecule has 0 radical (unpaired) electrons. The minimum atomic E-state index is -0.440. The molecule has 146 valence electrons. The van der Waals surface area contributed by atoms with Gasteiger partial charge < -0.3 is 14.5 Å². The summed E-state index contributed by atoms with van der Waals surface area (Å²) in [6, 6.07) is 4.07. The van der Waals surface area contributed by atoms with Crippen molar-refractivity contribution >= 4 is 17.6 Å². The molecule has 0 N–H and O–H groups in total. The number of anilines is 1. The predicted octanol–water partition coefficient (Wildman–Crippen LogP) is 3.27. The van der Waals surface area contributed by atoms with E-state index in [0.717, 1.165) is 62.6 Å². The summed E-state index contributed by atoms with van der Waals surface area (Å²) in [5.74, 6) is 1.12. The fourth-order valence-corrected chi connectivity index (χ4v) is 4.27. The number of hydrogen-bond acceptors (Lipinski definition) is 5. The smallest absolute Gasteiger partial charge is 0.410 e. The zero-order chi connectivity index (χ0) is 19.2. The largest absolute Gasteiger partial charge is 0.444 e. The molecule has 7 heteroatoms. The second-order valence-corrected chi connectivity index (χ2v) is 9.00. The topological polar surface area (TPSA) is 63.0 Å². The lowest BCUT2D eigenvalue weighted by molar-refractivity contribution is 0.0122. The van der Waals surface area contributed by atoms with E-state index >= 15 is 0 Å². The van der Waals surface area contributed by atoms with Crippen molar-refractivity contribution in [3.8, 4) is 0 Å². The highest BCUT2D eigenvalue weighted by Crippen LogP contribution is 2.42. The SMILES string of the molecule is Cc1cc(N2CCC3(CCN(C(=O)OC(C)(C)C)CC3)C2)n2nccc2n1. The fourth-order valence-electron chi connectivity index (χ4n) is 4.27. The Labute approximate surface area is 160 Å². The number of nitrogens with zero attached hydrogens (tertiary/aromatic N) is 5. The fraction of sp³-hybridized carbons (Fsp3) is 0.650. The Kier molecular flexibility index (Phi) is 4.28. The van der Waals surface area contributed by atoms with Crippen molar-refractivity contribution in [2.24, 2.45) is 5.41 Å². The minimum absolute atomic E-state index is 0.185. The summed E-state index contributed by atoms with van der Waals surface area (Å²) >= 11 is 0. The molecule has 0 aromatic carbocycles. The highest BCUT2D eigenvalue weighted by atomic mass is 16.6. The molecule has 4 rings (SSSR count). The van der Waals surface area contributed by atoms with E-state index in [0.29, 0.717) is 0 Å². The van der Waals surface area contributed by atoms with E-state index in [1.807, 2.05) is 43.2 Å². The third-order valence-corrected chi connectivity index (χ3v) is 5.71.